The van der Waals surface area contributed by atoms with Crippen LogP contribution in [0, 0.1) is 0 Å². The second-order valence-corrected chi connectivity index (χ2v) is 5.63. The molecule has 0 saturated carbocycles. The van der Waals surface area contributed by atoms with E-state index in [4.69, 9.17) is 0 Å². The van der Waals surface area contributed by atoms with Crippen LogP contribution < -0.4 is 10.6 Å². The molecule has 3 rings (SSSR count). The molecule has 2 aromatic carbocycles. The second kappa shape index (κ2) is 6.41. The van der Waals surface area contributed by atoms with Gasteiger partial charge in [-0.15, -0.1) is 11.3 Å². The molecular formula is C17H16N2OS. The van der Waals surface area contributed by atoms with Gasteiger partial charge < -0.3 is 10.6 Å². The van der Waals surface area contributed by atoms with Crippen LogP contribution in [0.15, 0.2) is 60.0 Å². The maximum Gasteiger partial charge on any atom is 0.261 e. The van der Waals surface area contributed by atoms with Crippen molar-refractivity contribution in [3.63, 3.8) is 0 Å². The van der Waals surface area contributed by atoms with Crippen LogP contribution in [-0.4, -0.2) is 19.0 Å². The molecule has 106 valence electrons. The lowest BCUT2D eigenvalue weighted by atomic mass is 10.1. The molecule has 0 bridgehead atoms. The quantitative estimate of drug-likeness (QED) is 0.704. The summed E-state index contributed by atoms with van der Waals surface area (Å²) in [5.41, 5.74) is 1.10. The minimum Gasteiger partial charge on any atom is -0.383 e. The number of hydrogen-bond acceptors (Lipinski definition) is 3. The Hall–Kier alpha value is -2.33. The van der Waals surface area contributed by atoms with E-state index in [9.17, 15) is 4.79 Å². The molecule has 0 spiro atoms. The number of anilines is 1. The highest BCUT2D eigenvalue weighted by Gasteiger charge is 2.05. The van der Waals surface area contributed by atoms with Gasteiger partial charge >= 0.3 is 0 Å². The minimum atomic E-state index is -0.00952. The van der Waals surface area contributed by atoms with E-state index in [1.807, 2.05) is 35.7 Å². The van der Waals surface area contributed by atoms with Gasteiger partial charge in [-0.1, -0.05) is 42.5 Å². The molecule has 1 aromatic heterocycles. The third-order valence-corrected chi connectivity index (χ3v) is 4.13. The van der Waals surface area contributed by atoms with Crippen molar-refractivity contribution >= 4 is 33.7 Å². The Morgan fingerprint density at radius 2 is 1.81 bits per heavy atom. The first-order valence-corrected chi connectivity index (χ1v) is 7.76. The van der Waals surface area contributed by atoms with Crippen LogP contribution in [0.5, 0.6) is 0 Å². The van der Waals surface area contributed by atoms with Gasteiger partial charge in [0.1, 0.15) is 0 Å². The van der Waals surface area contributed by atoms with Crippen molar-refractivity contribution in [2.24, 2.45) is 0 Å². The van der Waals surface area contributed by atoms with Crippen molar-refractivity contribution in [2.45, 2.75) is 0 Å². The molecule has 3 nitrogen and oxygen atoms in total. The fraction of sp³-hybridized carbons (Fsp3) is 0.118. The molecule has 1 amide bonds. The molecule has 4 heteroatoms. The fourth-order valence-corrected chi connectivity index (χ4v) is 2.89. The van der Waals surface area contributed by atoms with Gasteiger partial charge in [0.15, 0.2) is 0 Å². The molecule has 0 aliphatic rings. The van der Waals surface area contributed by atoms with Gasteiger partial charge in [0.2, 0.25) is 0 Å². The van der Waals surface area contributed by atoms with E-state index in [0.717, 1.165) is 10.6 Å². The standard InChI is InChI=1S/C17H16N2OS/c20-17(16-9-4-12-21-16)19-11-10-18-15-8-3-6-13-5-1-2-7-14(13)15/h1-9,12,18H,10-11H2,(H,19,20). The smallest absolute Gasteiger partial charge is 0.261 e. The van der Waals surface area contributed by atoms with E-state index in [0.29, 0.717) is 13.1 Å². The third kappa shape index (κ3) is 3.23. The Morgan fingerprint density at radius 1 is 0.952 bits per heavy atom. The number of amides is 1. The summed E-state index contributed by atoms with van der Waals surface area (Å²) in [6.45, 7) is 1.30. The molecule has 21 heavy (non-hydrogen) atoms. The van der Waals surface area contributed by atoms with E-state index in [-0.39, 0.29) is 5.91 Å². The zero-order valence-electron chi connectivity index (χ0n) is 11.5. The van der Waals surface area contributed by atoms with E-state index >= 15 is 0 Å². The molecule has 0 aliphatic carbocycles. The van der Waals surface area contributed by atoms with Crippen LogP contribution in [0.25, 0.3) is 10.8 Å². The Morgan fingerprint density at radius 3 is 2.67 bits per heavy atom. The average Bonchev–Trinajstić information content (AvgIpc) is 3.06. The zero-order chi connectivity index (χ0) is 14.5. The molecule has 0 saturated heterocycles. The molecular weight excluding hydrogens is 280 g/mol. The van der Waals surface area contributed by atoms with E-state index < -0.39 is 0 Å². The summed E-state index contributed by atoms with van der Waals surface area (Å²) >= 11 is 1.45. The van der Waals surface area contributed by atoms with Crippen LogP contribution >= 0.6 is 11.3 Å². The molecule has 0 atom stereocenters. The first-order valence-electron chi connectivity index (χ1n) is 6.88. The van der Waals surface area contributed by atoms with Gasteiger partial charge in [-0.3, -0.25) is 4.79 Å². The fourth-order valence-electron chi connectivity index (χ4n) is 2.25. The molecule has 0 unspecified atom stereocenters. The van der Waals surface area contributed by atoms with Crippen LogP contribution in [0.4, 0.5) is 5.69 Å². The number of fused-ring (bicyclic) bond motifs is 1. The lowest BCUT2D eigenvalue weighted by Crippen LogP contribution is -2.28. The molecule has 0 aliphatic heterocycles. The average molecular weight is 296 g/mol. The lowest BCUT2D eigenvalue weighted by Gasteiger charge is -2.10. The first-order chi connectivity index (χ1) is 10.3. The molecule has 0 fully saturated rings. The van der Waals surface area contributed by atoms with E-state index in [1.54, 1.807) is 0 Å². The Bertz CT molecular complexity index is 732. The van der Waals surface area contributed by atoms with Crippen LogP contribution in [-0.2, 0) is 0 Å². The number of hydrogen-bond donors (Lipinski definition) is 2. The predicted molar refractivity (Wildman–Crippen MR) is 89.1 cm³/mol. The highest BCUT2D eigenvalue weighted by Crippen LogP contribution is 2.22. The van der Waals surface area contributed by atoms with Crippen molar-refractivity contribution < 1.29 is 4.79 Å². The summed E-state index contributed by atoms with van der Waals surface area (Å²) in [7, 11) is 0. The van der Waals surface area contributed by atoms with Crippen LogP contribution in [0.1, 0.15) is 9.67 Å². The zero-order valence-corrected chi connectivity index (χ0v) is 12.3. The van der Waals surface area contributed by atoms with E-state index in [2.05, 4.69) is 34.9 Å². The SMILES string of the molecule is O=C(NCCNc1cccc2ccccc12)c1cccs1. The summed E-state index contributed by atoms with van der Waals surface area (Å²) in [5, 5.41) is 10.6. The highest BCUT2D eigenvalue weighted by molar-refractivity contribution is 7.12. The van der Waals surface area contributed by atoms with Gasteiger partial charge in [-0.2, -0.15) is 0 Å². The number of thiophene rings is 1. The van der Waals surface area contributed by atoms with Gasteiger partial charge in [-0.05, 0) is 22.9 Å². The maximum atomic E-state index is 11.8. The molecule has 3 aromatic rings. The summed E-state index contributed by atoms with van der Waals surface area (Å²) in [6.07, 6.45) is 0. The molecule has 2 N–H and O–H groups in total. The van der Waals surface area contributed by atoms with Crippen molar-refractivity contribution in [2.75, 3.05) is 18.4 Å². The largest absolute Gasteiger partial charge is 0.383 e. The first kappa shape index (κ1) is 13.6. The van der Waals surface area contributed by atoms with Crippen LogP contribution in [0.3, 0.4) is 0 Å². The van der Waals surface area contributed by atoms with Crippen molar-refractivity contribution in [1.29, 1.82) is 0 Å². The maximum absolute atomic E-state index is 11.8. The predicted octanol–water partition coefficient (Wildman–Crippen LogP) is 3.74. The Balaban J connectivity index is 1.56. The van der Waals surface area contributed by atoms with Crippen molar-refractivity contribution in [1.82, 2.24) is 5.32 Å². The molecule has 0 radical (unpaired) electrons. The van der Waals surface area contributed by atoms with Crippen molar-refractivity contribution in [3.8, 4) is 0 Å². The van der Waals surface area contributed by atoms with E-state index in [1.165, 1.54) is 22.1 Å². The van der Waals surface area contributed by atoms with Gasteiger partial charge in [0, 0.05) is 24.2 Å². The Labute approximate surface area is 127 Å². The normalized spacial score (nSPS) is 10.5. The minimum absolute atomic E-state index is 0.00952. The van der Waals surface area contributed by atoms with Crippen LogP contribution in [0.2, 0.25) is 0 Å². The number of rotatable bonds is 5. The van der Waals surface area contributed by atoms with Crippen molar-refractivity contribution in [3.05, 3.63) is 64.9 Å². The topological polar surface area (TPSA) is 41.1 Å². The Kier molecular flexibility index (Phi) is 4.17. The summed E-state index contributed by atoms with van der Waals surface area (Å²) < 4.78 is 0. The highest BCUT2D eigenvalue weighted by atomic mass is 32.1. The molecule has 1 heterocycles. The number of benzene rings is 2. The van der Waals surface area contributed by atoms with Gasteiger partial charge in [-0.25, -0.2) is 0 Å². The summed E-state index contributed by atoms with van der Waals surface area (Å²) in [5.74, 6) is -0.00952. The van der Waals surface area contributed by atoms with Gasteiger partial charge in [0.05, 0.1) is 4.88 Å². The number of nitrogens with one attached hydrogen (secondary N) is 2. The summed E-state index contributed by atoms with van der Waals surface area (Å²) in [6, 6.07) is 18.2. The monoisotopic (exact) mass is 296 g/mol. The second-order valence-electron chi connectivity index (χ2n) is 4.69. The summed E-state index contributed by atoms with van der Waals surface area (Å²) in [4.78, 5) is 12.6. The lowest BCUT2D eigenvalue weighted by molar-refractivity contribution is 0.0959. The number of carbonyl (C=O) groups is 1. The third-order valence-electron chi connectivity index (χ3n) is 3.26. The van der Waals surface area contributed by atoms with Gasteiger partial charge in [0.25, 0.3) is 5.91 Å². The number of carbonyl (C=O) groups excluding carboxylic acids is 1.